The van der Waals surface area contributed by atoms with E-state index in [1.165, 1.54) is 4.90 Å². The monoisotopic (exact) mass is 457 g/mol. The first-order chi connectivity index (χ1) is 15.7. The van der Waals surface area contributed by atoms with Gasteiger partial charge in [0.2, 0.25) is 17.7 Å². The van der Waals surface area contributed by atoms with Crippen LogP contribution < -0.4 is 10.6 Å². The van der Waals surface area contributed by atoms with Gasteiger partial charge in [0, 0.05) is 12.6 Å². The summed E-state index contributed by atoms with van der Waals surface area (Å²) in [6, 6.07) is 8.07. The first kappa shape index (κ1) is 23.7. The zero-order valence-electron chi connectivity index (χ0n) is 19.8. The van der Waals surface area contributed by atoms with Gasteiger partial charge in [-0.2, -0.15) is 0 Å². The molecule has 4 rings (SSSR count). The Morgan fingerprint density at radius 3 is 2.48 bits per heavy atom. The lowest BCUT2D eigenvalue weighted by molar-refractivity contribution is -0.150. The van der Waals surface area contributed by atoms with Gasteiger partial charge in [-0.25, -0.2) is 0 Å². The molecule has 0 saturated carbocycles. The molecule has 2 unspecified atom stereocenters. The zero-order valence-corrected chi connectivity index (χ0v) is 19.8. The van der Waals surface area contributed by atoms with Crippen molar-refractivity contribution in [3.63, 3.8) is 0 Å². The Labute approximate surface area is 195 Å². The molecule has 1 aromatic rings. The molecule has 3 fully saturated rings. The summed E-state index contributed by atoms with van der Waals surface area (Å²) < 4.78 is 6.65. The van der Waals surface area contributed by atoms with Gasteiger partial charge in [-0.1, -0.05) is 37.3 Å². The van der Waals surface area contributed by atoms with E-state index in [0.717, 1.165) is 5.56 Å². The van der Waals surface area contributed by atoms with Gasteiger partial charge in [-0.3, -0.25) is 14.4 Å². The van der Waals surface area contributed by atoms with Crippen LogP contribution in [-0.4, -0.2) is 63.7 Å². The minimum Gasteiger partial charge on any atom is -0.394 e. The molecule has 180 valence electrons. The van der Waals surface area contributed by atoms with Crippen molar-refractivity contribution in [3.8, 4) is 0 Å². The lowest BCUT2D eigenvalue weighted by Gasteiger charge is -2.36. The smallest absolute Gasteiger partial charge is 0.246 e. The normalized spacial score (nSPS) is 33.3. The number of aliphatic hydroxyl groups excluding tert-OH is 1. The number of hydrogen-bond acceptors (Lipinski definition) is 5. The average Bonchev–Trinajstić information content (AvgIpc) is 3.40. The maximum atomic E-state index is 13.8. The summed E-state index contributed by atoms with van der Waals surface area (Å²) in [6.07, 6.45) is 1.73. The second kappa shape index (κ2) is 8.72. The Bertz CT molecular complexity index is 922. The number of hydrogen-bond donors (Lipinski definition) is 3. The van der Waals surface area contributed by atoms with Gasteiger partial charge in [0.25, 0.3) is 0 Å². The van der Waals surface area contributed by atoms with Gasteiger partial charge in [-0.05, 0) is 45.6 Å². The van der Waals surface area contributed by atoms with Gasteiger partial charge in [-0.15, -0.1) is 0 Å². The highest BCUT2D eigenvalue weighted by molar-refractivity contribution is 5.99. The van der Waals surface area contributed by atoms with E-state index in [9.17, 15) is 19.5 Å². The lowest BCUT2D eigenvalue weighted by Crippen LogP contribution is -2.58. The topological polar surface area (TPSA) is 108 Å². The Morgan fingerprint density at radius 2 is 1.88 bits per heavy atom. The molecule has 8 nitrogen and oxygen atoms in total. The van der Waals surface area contributed by atoms with E-state index in [2.05, 4.69) is 10.6 Å². The average molecular weight is 458 g/mol. The molecule has 3 aliphatic rings. The van der Waals surface area contributed by atoms with Crippen molar-refractivity contribution in [2.75, 3.05) is 6.61 Å². The molecule has 3 saturated heterocycles. The number of fused-ring (bicyclic) bond motifs is 1. The zero-order chi connectivity index (χ0) is 24.0. The number of likely N-dealkylation sites (tertiary alicyclic amines) is 1. The van der Waals surface area contributed by atoms with Crippen molar-refractivity contribution < 1.29 is 24.2 Å². The standard InChI is InChI=1S/C25H35N3O5/c1-5-24-11-12-25(33-24)19(18(24)21(30)26-13-17-9-7-6-8-10-17)23(32)28(16(4)14-29)20(25)22(31)27-15(2)3/h6-10,15-16,18-20,29H,5,11-14H2,1-4H3,(H,26,30)(H,27,31)/t16-,18+,19+,20?,24-,25?/m1/s1. The number of carbonyl (C=O) groups excluding carboxylic acids is 3. The molecule has 3 amide bonds. The van der Waals surface area contributed by atoms with Crippen LogP contribution in [0.25, 0.3) is 0 Å². The minimum absolute atomic E-state index is 0.113. The molecular formula is C25H35N3O5. The summed E-state index contributed by atoms with van der Waals surface area (Å²) in [4.78, 5) is 42.2. The van der Waals surface area contributed by atoms with Gasteiger partial charge in [0.15, 0.2) is 0 Å². The number of ether oxygens (including phenoxy) is 1. The summed E-state index contributed by atoms with van der Waals surface area (Å²) in [5.74, 6) is -2.23. The van der Waals surface area contributed by atoms with E-state index in [0.29, 0.717) is 25.8 Å². The van der Waals surface area contributed by atoms with Gasteiger partial charge < -0.3 is 25.4 Å². The Balaban J connectivity index is 1.70. The number of carbonyl (C=O) groups is 3. The highest BCUT2D eigenvalue weighted by Gasteiger charge is 2.78. The van der Waals surface area contributed by atoms with Crippen LogP contribution in [0.3, 0.4) is 0 Å². The molecule has 3 aliphatic heterocycles. The van der Waals surface area contributed by atoms with Crippen LogP contribution in [-0.2, 0) is 25.7 Å². The van der Waals surface area contributed by atoms with E-state index < -0.39 is 35.1 Å². The molecule has 1 aromatic carbocycles. The molecule has 2 bridgehead atoms. The molecule has 3 N–H and O–H groups in total. The largest absolute Gasteiger partial charge is 0.394 e. The van der Waals surface area contributed by atoms with E-state index in [1.807, 2.05) is 51.1 Å². The number of rotatable bonds is 8. The number of benzene rings is 1. The summed E-state index contributed by atoms with van der Waals surface area (Å²) in [6.45, 7) is 7.51. The molecule has 33 heavy (non-hydrogen) atoms. The SMILES string of the molecule is CC[C@]12CCC3(O1)C(C(=O)NC(C)C)N([C@H](C)CO)C(=O)[C@@H]3[C@H]2C(=O)NCc1ccccc1. The molecule has 6 atom stereocenters. The molecule has 0 radical (unpaired) electrons. The molecule has 0 aliphatic carbocycles. The van der Waals surface area contributed by atoms with Gasteiger partial charge in [0.05, 0.1) is 30.1 Å². The summed E-state index contributed by atoms with van der Waals surface area (Å²) in [5, 5.41) is 15.8. The maximum absolute atomic E-state index is 13.8. The Kier molecular flexibility index (Phi) is 6.26. The van der Waals surface area contributed by atoms with E-state index in [-0.39, 0.29) is 30.4 Å². The van der Waals surface area contributed by atoms with Crippen molar-refractivity contribution in [1.82, 2.24) is 15.5 Å². The molecule has 8 heteroatoms. The summed E-state index contributed by atoms with van der Waals surface area (Å²) >= 11 is 0. The van der Waals surface area contributed by atoms with E-state index >= 15 is 0 Å². The van der Waals surface area contributed by atoms with Crippen molar-refractivity contribution in [1.29, 1.82) is 0 Å². The van der Waals surface area contributed by atoms with Gasteiger partial charge >= 0.3 is 0 Å². The van der Waals surface area contributed by atoms with Crippen LogP contribution in [0, 0.1) is 11.8 Å². The van der Waals surface area contributed by atoms with E-state index in [4.69, 9.17) is 4.74 Å². The third-order valence-electron chi connectivity index (χ3n) is 7.63. The fourth-order valence-electron chi connectivity index (χ4n) is 6.17. The highest BCUT2D eigenvalue weighted by Crippen LogP contribution is 2.64. The van der Waals surface area contributed by atoms with Crippen LogP contribution in [0.1, 0.15) is 52.5 Å². The summed E-state index contributed by atoms with van der Waals surface area (Å²) in [7, 11) is 0. The first-order valence-corrected chi connectivity index (χ1v) is 12.0. The molecular weight excluding hydrogens is 422 g/mol. The van der Waals surface area contributed by atoms with Gasteiger partial charge in [0.1, 0.15) is 11.6 Å². The quantitative estimate of drug-likeness (QED) is 0.546. The van der Waals surface area contributed by atoms with Crippen LogP contribution in [0.15, 0.2) is 30.3 Å². The van der Waals surface area contributed by atoms with Crippen LogP contribution >= 0.6 is 0 Å². The summed E-state index contributed by atoms with van der Waals surface area (Å²) in [5.41, 5.74) is -0.867. The predicted octanol–water partition coefficient (Wildman–Crippen LogP) is 1.36. The third-order valence-corrected chi connectivity index (χ3v) is 7.63. The fourth-order valence-corrected chi connectivity index (χ4v) is 6.17. The molecule has 3 heterocycles. The Hall–Kier alpha value is -2.45. The highest BCUT2D eigenvalue weighted by atomic mass is 16.5. The van der Waals surface area contributed by atoms with Crippen molar-refractivity contribution in [2.24, 2.45) is 11.8 Å². The first-order valence-electron chi connectivity index (χ1n) is 12.0. The van der Waals surface area contributed by atoms with E-state index in [1.54, 1.807) is 6.92 Å². The van der Waals surface area contributed by atoms with Crippen LogP contribution in [0.5, 0.6) is 0 Å². The number of amides is 3. The van der Waals surface area contributed by atoms with Crippen molar-refractivity contribution in [2.45, 2.75) is 82.8 Å². The number of aliphatic hydroxyl groups is 1. The second-order valence-corrected chi connectivity index (χ2v) is 9.98. The Morgan fingerprint density at radius 1 is 1.18 bits per heavy atom. The van der Waals surface area contributed by atoms with Crippen LogP contribution in [0.2, 0.25) is 0 Å². The number of nitrogens with zero attached hydrogens (tertiary/aromatic N) is 1. The third kappa shape index (κ3) is 3.64. The minimum atomic E-state index is -1.07. The lowest BCUT2D eigenvalue weighted by atomic mass is 9.65. The second-order valence-electron chi connectivity index (χ2n) is 9.98. The van der Waals surface area contributed by atoms with Crippen LogP contribution in [0.4, 0.5) is 0 Å². The molecule has 0 aromatic heterocycles. The van der Waals surface area contributed by atoms with Crippen molar-refractivity contribution in [3.05, 3.63) is 35.9 Å². The fraction of sp³-hybridized carbons (Fsp3) is 0.640. The predicted molar refractivity (Wildman–Crippen MR) is 122 cm³/mol. The number of nitrogens with one attached hydrogen (secondary N) is 2. The molecule has 1 spiro atoms. The maximum Gasteiger partial charge on any atom is 0.246 e. The van der Waals surface area contributed by atoms with Crippen molar-refractivity contribution >= 4 is 17.7 Å².